The number of benzene rings is 1. The van der Waals surface area contributed by atoms with Crippen molar-refractivity contribution in [3.05, 3.63) is 39.9 Å². The van der Waals surface area contributed by atoms with Crippen LogP contribution in [0.5, 0.6) is 0 Å². The van der Waals surface area contributed by atoms with Gasteiger partial charge in [0.25, 0.3) is 11.6 Å². The van der Waals surface area contributed by atoms with Crippen molar-refractivity contribution < 1.29 is 14.5 Å². The van der Waals surface area contributed by atoms with Gasteiger partial charge in [0.05, 0.1) is 4.92 Å². The predicted octanol–water partition coefficient (Wildman–Crippen LogP) is 2.18. The summed E-state index contributed by atoms with van der Waals surface area (Å²) in [7, 11) is 0. The van der Waals surface area contributed by atoms with Crippen molar-refractivity contribution in [2.45, 2.75) is 31.7 Å². The monoisotopic (exact) mass is 288 g/mol. The van der Waals surface area contributed by atoms with E-state index in [4.69, 9.17) is 0 Å². The molecule has 0 bridgehead atoms. The number of hydrogen-bond acceptors (Lipinski definition) is 4. The molecule has 2 fully saturated rings. The van der Waals surface area contributed by atoms with E-state index in [0.29, 0.717) is 18.5 Å². The lowest BCUT2D eigenvalue weighted by Gasteiger charge is -2.30. The van der Waals surface area contributed by atoms with Crippen LogP contribution in [-0.2, 0) is 4.79 Å². The normalized spacial score (nSPS) is 24.8. The predicted molar refractivity (Wildman–Crippen MR) is 74.9 cm³/mol. The van der Waals surface area contributed by atoms with Crippen molar-refractivity contribution in [3.8, 4) is 0 Å². The third-order valence-corrected chi connectivity index (χ3v) is 4.47. The molecule has 1 heterocycles. The molecule has 1 aliphatic heterocycles. The Morgan fingerprint density at radius 1 is 1.24 bits per heavy atom. The number of carbonyl (C=O) groups excluding carboxylic acids is 2. The fourth-order valence-corrected chi connectivity index (χ4v) is 3.40. The summed E-state index contributed by atoms with van der Waals surface area (Å²) >= 11 is 0. The Hall–Kier alpha value is -2.24. The number of ketones is 1. The second-order valence-electron chi connectivity index (χ2n) is 5.62. The molecule has 0 aromatic heterocycles. The first-order valence-electron chi connectivity index (χ1n) is 7.16. The largest absolute Gasteiger partial charge is 0.335 e. The van der Waals surface area contributed by atoms with Crippen LogP contribution in [0.1, 0.15) is 36.0 Å². The molecule has 2 unspecified atom stereocenters. The second-order valence-corrected chi connectivity index (χ2v) is 5.62. The van der Waals surface area contributed by atoms with Crippen LogP contribution in [-0.4, -0.2) is 34.1 Å². The maximum absolute atomic E-state index is 12.5. The zero-order chi connectivity index (χ0) is 15.0. The molecule has 21 heavy (non-hydrogen) atoms. The molecule has 6 heteroatoms. The van der Waals surface area contributed by atoms with Gasteiger partial charge in [-0.2, -0.15) is 0 Å². The quantitative estimate of drug-likeness (QED) is 0.617. The van der Waals surface area contributed by atoms with Crippen LogP contribution >= 0.6 is 0 Å². The number of nitro benzene ring substituents is 1. The Labute approximate surface area is 121 Å². The summed E-state index contributed by atoms with van der Waals surface area (Å²) in [5, 5.41) is 10.6. The number of non-ortho nitro benzene ring substituents is 1. The van der Waals surface area contributed by atoms with Crippen LogP contribution in [0, 0.1) is 16.0 Å². The van der Waals surface area contributed by atoms with Gasteiger partial charge in [-0.1, -0.05) is 0 Å². The summed E-state index contributed by atoms with van der Waals surface area (Å²) in [4.78, 5) is 36.3. The third kappa shape index (κ3) is 2.41. The molecule has 6 nitrogen and oxygen atoms in total. The SMILES string of the molecule is O=C1CCCC2C1CCN2C(=O)c1ccc([N+](=O)[O-])cc1. The molecule has 1 saturated heterocycles. The van der Waals surface area contributed by atoms with Crippen LogP contribution < -0.4 is 0 Å². The van der Waals surface area contributed by atoms with E-state index < -0.39 is 4.92 Å². The van der Waals surface area contributed by atoms with Crippen molar-refractivity contribution in [2.75, 3.05) is 6.54 Å². The highest BCUT2D eigenvalue weighted by Crippen LogP contribution is 2.35. The lowest BCUT2D eigenvalue weighted by molar-refractivity contribution is -0.384. The molecular formula is C15H16N2O4. The number of rotatable bonds is 2. The molecular weight excluding hydrogens is 272 g/mol. The van der Waals surface area contributed by atoms with Gasteiger partial charge >= 0.3 is 0 Å². The van der Waals surface area contributed by atoms with Crippen molar-refractivity contribution >= 4 is 17.4 Å². The lowest BCUT2D eigenvalue weighted by atomic mass is 9.84. The van der Waals surface area contributed by atoms with Crippen LogP contribution in [0.3, 0.4) is 0 Å². The van der Waals surface area contributed by atoms with Gasteiger partial charge in [-0.15, -0.1) is 0 Å². The topological polar surface area (TPSA) is 80.5 Å². The van der Waals surface area contributed by atoms with Gasteiger partial charge in [-0.3, -0.25) is 19.7 Å². The standard InChI is InChI=1S/C15H16N2O4/c18-14-3-1-2-13-12(14)8-9-16(13)15(19)10-4-6-11(7-5-10)17(20)21/h4-7,12-13H,1-3,8-9H2. The fourth-order valence-electron chi connectivity index (χ4n) is 3.40. The Bertz CT molecular complexity index is 596. The number of nitrogens with zero attached hydrogens (tertiary/aromatic N) is 2. The molecule has 1 aliphatic carbocycles. The van der Waals surface area contributed by atoms with E-state index in [1.807, 2.05) is 0 Å². The zero-order valence-corrected chi connectivity index (χ0v) is 11.5. The van der Waals surface area contributed by atoms with Crippen molar-refractivity contribution in [1.82, 2.24) is 4.90 Å². The highest BCUT2D eigenvalue weighted by atomic mass is 16.6. The van der Waals surface area contributed by atoms with Gasteiger partial charge in [-0.25, -0.2) is 0 Å². The Morgan fingerprint density at radius 2 is 1.95 bits per heavy atom. The number of fused-ring (bicyclic) bond motifs is 1. The maximum atomic E-state index is 12.5. The van der Waals surface area contributed by atoms with Crippen molar-refractivity contribution in [2.24, 2.45) is 5.92 Å². The minimum Gasteiger partial charge on any atom is -0.335 e. The van der Waals surface area contributed by atoms with Gasteiger partial charge in [0.15, 0.2) is 0 Å². The van der Waals surface area contributed by atoms with Crippen LogP contribution in [0.15, 0.2) is 24.3 Å². The molecule has 0 N–H and O–H groups in total. The summed E-state index contributed by atoms with van der Waals surface area (Å²) < 4.78 is 0. The number of nitro groups is 1. The van der Waals surface area contributed by atoms with Gasteiger partial charge < -0.3 is 4.90 Å². The number of likely N-dealkylation sites (tertiary alicyclic amines) is 1. The molecule has 1 amide bonds. The first-order valence-corrected chi connectivity index (χ1v) is 7.16. The summed E-state index contributed by atoms with van der Waals surface area (Å²) in [5.41, 5.74) is 0.415. The van der Waals surface area contributed by atoms with E-state index in [2.05, 4.69) is 0 Å². The zero-order valence-electron chi connectivity index (χ0n) is 11.5. The smallest absolute Gasteiger partial charge is 0.269 e. The van der Waals surface area contributed by atoms with Gasteiger partial charge in [0, 0.05) is 42.6 Å². The molecule has 2 atom stereocenters. The molecule has 110 valence electrons. The Balaban J connectivity index is 1.79. The van der Waals surface area contributed by atoms with Gasteiger partial charge in [-0.05, 0) is 31.4 Å². The van der Waals surface area contributed by atoms with Crippen LogP contribution in [0.2, 0.25) is 0 Å². The third-order valence-electron chi connectivity index (χ3n) is 4.47. The Morgan fingerprint density at radius 3 is 2.62 bits per heavy atom. The van der Waals surface area contributed by atoms with Gasteiger partial charge in [0.2, 0.25) is 0 Å². The fraction of sp³-hybridized carbons (Fsp3) is 0.467. The summed E-state index contributed by atoms with van der Waals surface area (Å²) in [6.45, 7) is 0.594. The molecule has 1 aromatic rings. The highest BCUT2D eigenvalue weighted by molar-refractivity contribution is 5.96. The molecule has 0 spiro atoms. The second kappa shape index (κ2) is 5.27. The van der Waals surface area contributed by atoms with E-state index in [1.54, 1.807) is 4.90 Å². The number of hydrogen-bond donors (Lipinski definition) is 0. The molecule has 1 saturated carbocycles. The Kier molecular flexibility index (Phi) is 3.45. The van der Waals surface area contributed by atoms with Crippen LogP contribution in [0.25, 0.3) is 0 Å². The summed E-state index contributed by atoms with van der Waals surface area (Å²) in [5.74, 6) is 0.123. The minimum atomic E-state index is -0.486. The average molecular weight is 288 g/mol. The first kappa shape index (κ1) is 13.7. The number of amides is 1. The molecule has 2 aliphatic rings. The van der Waals surface area contributed by atoms with E-state index in [9.17, 15) is 19.7 Å². The molecule has 1 aromatic carbocycles. The van der Waals surface area contributed by atoms with Crippen molar-refractivity contribution in [3.63, 3.8) is 0 Å². The summed E-state index contributed by atoms with van der Waals surface area (Å²) in [6, 6.07) is 5.66. The first-order chi connectivity index (χ1) is 10.1. The molecule has 3 rings (SSSR count). The van der Waals surface area contributed by atoms with E-state index in [-0.39, 0.29) is 29.3 Å². The van der Waals surface area contributed by atoms with E-state index in [0.717, 1.165) is 19.3 Å². The van der Waals surface area contributed by atoms with E-state index in [1.165, 1.54) is 24.3 Å². The number of carbonyl (C=O) groups is 2. The highest BCUT2D eigenvalue weighted by Gasteiger charge is 2.42. The van der Waals surface area contributed by atoms with Crippen LogP contribution in [0.4, 0.5) is 5.69 Å². The minimum absolute atomic E-state index is 0.00828. The summed E-state index contributed by atoms with van der Waals surface area (Å²) in [6.07, 6.45) is 3.07. The van der Waals surface area contributed by atoms with Crippen molar-refractivity contribution in [1.29, 1.82) is 0 Å². The average Bonchev–Trinajstić information content (AvgIpc) is 2.92. The van der Waals surface area contributed by atoms with E-state index >= 15 is 0 Å². The van der Waals surface area contributed by atoms with Gasteiger partial charge in [0.1, 0.15) is 5.78 Å². The number of Topliss-reactive ketones (excluding diaryl/α,β-unsaturated/α-hetero) is 1. The molecule has 0 radical (unpaired) electrons. The lowest BCUT2D eigenvalue weighted by Crippen LogP contribution is -2.41. The maximum Gasteiger partial charge on any atom is 0.269 e.